The Balaban J connectivity index is 1.36. The molecule has 0 radical (unpaired) electrons. The number of fused-ring (bicyclic) bond motifs is 1. The fourth-order valence-electron chi connectivity index (χ4n) is 3.86. The minimum absolute atomic E-state index is 0.105. The highest BCUT2D eigenvalue weighted by Gasteiger charge is 2.26. The van der Waals surface area contributed by atoms with Crippen LogP contribution in [0.15, 0.2) is 60.8 Å². The molecule has 1 aliphatic heterocycles. The zero-order valence-electron chi connectivity index (χ0n) is 17.1. The average Bonchev–Trinajstić information content (AvgIpc) is 3.23. The SMILES string of the molecule is Cc1cccc(-c2ccnc3nc(N4CCN(C(=O)c5ccccc5F)CC4)nn23)c1. The standard InChI is InChI=1S/C23H21FN6O/c1-16-5-4-6-17(15-16)20-9-10-25-22-26-23(27-30(20)22)29-13-11-28(12-14-29)21(31)18-7-2-3-8-19(18)24/h2-10,15H,11-14H2,1H3. The van der Waals surface area contributed by atoms with Crippen LogP contribution in [0.4, 0.5) is 10.3 Å². The summed E-state index contributed by atoms with van der Waals surface area (Å²) in [6.07, 6.45) is 1.73. The molecule has 1 saturated heterocycles. The lowest BCUT2D eigenvalue weighted by Crippen LogP contribution is -2.49. The van der Waals surface area contributed by atoms with Gasteiger partial charge in [-0.05, 0) is 31.2 Å². The first-order valence-corrected chi connectivity index (χ1v) is 10.2. The van der Waals surface area contributed by atoms with Crippen LogP contribution in [0, 0.1) is 12.7 Å². The molecule has 2 aromatic carbocycles. The fraction of sp³-hybridized carbons (Fsp3) is 0.217. The van der Waals surface area contributed by atoms with Crippen LogP contribution < -0.4 is 4.90 Å². The number of hydrogen-bond donors (Lipinski definition) is 0. The molecule has 0 atom stereocenters. The summed E-state index contributed by atoms with van der Waals surface area (Å²) in [5.41, 5.74) is 3.23. The van der Waals surface area contributed by atoms with Crippen molar-refractivity contribution in [1.29, 1.82) is 0 Å². The Morgan fingerprint density at radius 3 is 2.58 bits per heavy atom. The number of aryl methyl sites for hydroxylation is 1. The van der Waals surface area contributed by atoms with Crippen LogP contribution in [0.2, 0.25) is 0 Å². The highest BCUT2D eigenvalue weighted by Crippen LogP contribution is 2.22. The molecule has 0 N–H and O–H groups in total. The third-order valence-electron chi connectivity index (χ3n) is 5.50. The van der Waals surface area contributed by atoms with Crippen LogP contribution in [0.3, 0.4) is 0 Å². The third kappa shape index (κ3) is 3.61. The molecule has 0 unspecified atom stereocenters. The summed E-state index contributed by atoms with van der Waals surface area (Å²) in [6.45, 7) is 4.13. The van der Waals surface area contributed by atoms with Crippen molar-refractivity contribution < 1.29 is 9.18 Å². The van der Waals surface area contributed by atoms with Gasteiger partial charge in [-0.15, -0.1) is 5.10 Å². The number of carbonyl (C=O) groups excluding carboxylic acids is 1. The number of aromatic nitrogens is 4. The predicted octanol–water partition coefficient (Wildman–Crippen LogP) is 3.20. The number of carbonyl (C=O) groups is 1. The summed E-state index contributed by atoms with van der Waals surface area (Å²) < 4.78 is 15.7. The number of anilines is 1. The van der Waals surface area contributed by atoms with Crippen LogP contribution >= 0.6 is 0 Å². The van der Waals surface area contributed by atoms with Crippen molar-refractivity contribution in [1.82, 2.24) is 24.5 Å². The van der Waals surface area contributed by atoms with Crippen molar-refractivity contribution in [3.05, 3.63) is 77.7 Å². The zero-order chi connectivity index (χ0) is 21.4. The lowest BCUT2D eigenvalue weighted by molar-refractivity contribution is 0.0741. The van der Waals surface area contributed by atoms with E-state index >= 15 is 0 Å². The number of halogens is 1. The second-order valence-corrected chi connectivity index (χ2v) is 7.58. The summed E-state index contributed by atoms with van der Waals surface area (Å²) >= 11 is 0. The van der Waals surface area contributed by atoms with Crippen molar-refractivity contribution in [3.63, 3.8) is 0 Å². The quantitative estimate of drug-likeness (QED) is 0.513. The van der Waals surface area contributed by atoms with E-state index < -0.39 is 5.82 Å². The van der Waals surface area contributed by atoms with Gasteiger partial charge >= 0.3 is 0 Å². The van der Waals surface area contributed by atoms with Crippen LogP contribution in [0.5, 0.6) is 0 Å². The van der Waals surface area contributed by atoms with Gasteiger partial charge in [-0.2, -0.15) is 9.50 Å². The highest BCUT2D eigenvalue weighted by molar-refractivity contribution is 5.94. The Hall–Kier alpha value is -3.81. The average molecular weight is 416 g/mol. The van der Waals surface area contributed by atoms with Crippen molar-refractivity contribution in [2.24, 2.45) is 0 Å². The molecule has 0 bridgehead atoms. The molecule has 2 aromatic heterocycles. The second kappa shape index (κ2) is 7.79. The smallest absolute Gasteiger partial charge is 0.256 e. The van der Waals surface area contributed by atoms with Gasteiger partial charge in [0.15, 0.2) is 0 Å². The van der Waals surface area contributed by atoms with Gasteiger partial charge in [-0.25, -0.2) is 9.37 Å². The molecule has 1 amide bonds. The summed E-state index contributed by atoms with van der Waals surface area (Å²) in [7, 11) is 0. The van der Waals surface area contributed by atoms with Gasteiger partial charge in [0.1, 0.15) is 5.82 Å². The molecular weight excluding hydrogens is 395 g/mol. The predicted molar refractivity (Wildman–Crippen MR) is 115 cm³/mol. The summed E-state index contributed by atoms with van der Waals surface area (Å²) in [6, 6.07) is 16.2. The molecule has 8 heteroatoms. The molecule has 7 nitrogen and oxygen atoms in total. The molecule has 31 heavy (non-hydrogen) atoms. The molecule has 0 aliphatic carbocycles. The Labute approximate surface area is 178 Å². The molecule has 3 heterocycles. The Morgan fingerprint density at radius 1 is 1.00 bits per heavy atom. The monoisotopic (exact) mass is 416 g/mol. The van der Waals surface area contributed by atoms with Gasteiger partial charge in [0.2, 0.25) is 5.95 Å². The number of hydrogen-bond acceptors (Lipinski definition) is 5. The van der Waals surface area contributed by atoms with Gasteiger partial charge in [-0.3, -0.25) is 4.79 Å². The molecule has 156 valence electrons. The van der Waals surface area contributed by atoms with Crippen molar-refractivity contribution in [3.8, 4) is 11.3 Å². The normalized spacial score (nSPS) is 14.3. The molecule has 4 aromatic rings. The van der Waals surface area contributed by atoms with E-state index in [4.69, 9.17) is 5.10 Å². The van der Waals surface area contributed by atoms with Crippen LogP contribution in [0.1, 0.15) is 15.9 Å². The van der Waals surface area contributed by atoms with Gasteiger partial charge < -0.3 is 9.80 Å². The van der Waals surface area contributed by atoms with Gasteiger partial charge in [0.25, 0.3) is 11.7 Å². The first-order chi connectivity index (χ1) is 15.1. The molecule has 5 rings (SSSR count). The number of nitrogens with zero attached hydrogens (tertiary/aromatic N) is 6. The van der Waals surface area contributed by atoms with Gasteiger partial charge in [-0.1, -0.05) is 35.9 Å². The first kappa shape index (κ1) is 19.2. The Kier molecular flexibility index (Phi) is 4.82. The van der Waals surface area contributed by atoms with Gasteiger partial charge in [0, 0.05) is 37.9 Å². The maximum absolute atomic E-state index is 14.0. The fourth-order valence-corrected chi connectivity index (χ4v) is 3.86. The van der Waals surface area contributed by atoms with E-state index in [0.29, 0.717) is 37.9 Å². The minimum Gasteiger partial charge on any atom is -0.336 e. The van der Waals surface area contributed by atoms with E-state index in [1.54, 1.807) is 27.7 Å². The highest BCUT2D eigenvalue weighted by atomic mass is 19.1. The van der Waals surface area contributed by atoms with E-state index in [1.165, 1.54) is 17.7 Å². The lowest BCUT2D eigenvalue weighted by atomic mass is 10.1. The maximum Gasteiger partial charge on any atom is 0.256 e. The molecule has 0 saturated carbocycles. The van der Waals surface area contributed by atoms with Crippen LogP contribution in [-0.4, -0.2) is 56.6 Å². The van der Waals surface area contributed by atoms with Crippen molar-refractivity contribution in [2.45, 2.75) is 6.92 Å². The van der Waals surface area contributed by atoms with Crippen molar-refractivity contribution in [2.75, 3.05) is 31.1 Å². The van der Waals surface area contributed by atoms with Crippen molar-refractivity contribution >= 4 is 17.6 Å². The first-order valence-electron chi connectivity index (χ1n) is 10.2. The van der Waals surface area contributed by atoms with E-state index in [-0.39, 0.29) is 11.5 Å². The largest absolute Gasteiger partial charge is 0.336 e. The molecule has 1 fully saturated rings. The van der Waals surface area contributed by atoms with E-state index in [0.717, 1.165) is 11.3 Å². The maximum atomic E-state index is 14.0. The van der Waals surface area contributed by atoms with Crippen LogP contribution in [0.25, 0.3) is 17.0 Å². The minimum atomic E-state index is -0.494. The van der Waals surface area contributed by atoms with E-state index in [9.17, 15) is 9.18 Å². The summed E-state index contributed by atoms with van der Waals surface area (Å²) in [4.78, 5) is 25.3. The Morgan fingerprint density at radius 2 is 1.81 bits per heavy atom. The topological polar surface area (TPSA) is 66.6 Å². The number of amides is 1. The summed E-state index contributed by atoms with van der Waals surface area (Å²) in [5.74, 6) is 0.320. The Bertz CT molecular complexity index is 1260. The lowest BCUT2D eigenvalue weighted by Gasteiger charge is -2.34. The molecule has 1 aliphatic rings. The molecular formula is C23H21FN6O. The summed E-state index contributed by atoms with van der Waals surface area (Å²) in [5, 5.41) is 4.69. The van der Waals surface area contributed by atoms with E-state index in [2.05, 4.69) is 29.0 Å². The number of benzene rings is 2. The molecule has 0 spiro atoms. The second-order valence-electron chi connectivity index (χ2n) is 7.58. The third-order valence-corrected chi connectivity index (χ3v) is 5.50. The number of rotatable bonds is 3. The van der Waals surface area contributed by atoms with Gasteiger partial charge in [0.05, 0.1) is 11.3 Å². The number of piperazine rings is 1. The van der Waals surface area contributed by atoms with Crippen LogP contribution in [-0.2, 0) is 0 Å². The van der Waals surface area contributed by atoms with E-state index in [1.807, 2.05) is 23.1 Å². The zero-order valence-corrected chi connectivity index (χ0v) is 17.1.